The van der Waals surface area contributed by atoms with Crippen molar-refractivity contribution in [3.63, 3.8) is 0 Å². The highest BCUT2D eigenvalue weighted by Crippen LogP contribution is 2.25. The summed E-state index contributed by atoms with van der Waals surface area (Å²) < 4.78 is 8.32. The van der Waals surface area contributed by atoms with Crippen LogP contribution in [0.2, 0.25) is 5.02 Å². The molecule has 0 aliphatic carbocycles. The maximum absolute atomic E-state index is 6.20. The Morgan fingerprint density at radius 1 is 1.00 bits per heavy atom. The van der Waals surface area contributed by atoms with Crippen LogP contribution in [-0.4, -0.2) is 16.2 Å². The molecule has 0 aliphatic heterocycles. The first-order valence-electron chi connectivity index (χ1n) is 9.85. The van der Waals surface area contributed by atoms with Gasteiger partial charge in [-0.15, -0.1) is 0 Å². The van der Waals surface area contributed by atoms with Crippen molar-refractivity contribution < 1.29 is 4.74 Å². The smallest absolute Gasteiger partial charge is 0.0945 e. The van der Waals surface area contributed by atoms with Gasteiger partial charge < -0.3 is 9.30 Å². The SMILES string of the molecule is Clc1ccc(C(CCCCCn2ccnc2)OCC=Cc2ccccc2)cc1. The number of benzene rings is 2. The van der Waals surface area contributed by atoms with E-state index in [2.05, 4.69) is 46.0 Å². The lowest BCUT2D eigenvalue weighted by molar-refractivity contribution is 0.0655. The van der Waals surface area contributed by atoms with E-state index in [4.69, 9.17) is 16.3 Å². The van der Waals surface area contributed by atoms with Gasteiger partial charge in [0.25, 0.3) is 0 Å². The second-order valence-electron chi connectivity index (χ2n) is 6.84. The van der Waals surface area contributed by atoms with E-state index in [9.17, 15) is 0 Å². The fourth-order valence-corrected chi connectivity index (χ4v) is 3.29. The molecule has 0 saturated heterocycles. The number of aryl methyl sites for hydroxylation is 1. The first-order chi connectivity index (χ1) is 13.8. The Bertz CT molecular complexity index is 814. The van der Waals surface area contributed by atoms with E-state index in [-0.39, 0.29) is 6.10 Å². The average molecular weight is 395 g/mol. The third kappa shape index (κ3) is 6.99. The van der Waals surface area contributed by atoms with Crippen LogP contribution in [0.5, 0.6) is 0 Å². The molecule has 1 atom stereocenters. The molecule has 0 saturated carbocycles. The largest absolute Gasteiger partial charge is 0.369 e. The zero-order valence-corrected chi connectivity index (χ0v) is 16.8. The molecule has 0 N–H and O–H groups in total. The molecule has 3 nitrogen and oxygen atoms in total. The Labute approximate surface area is 172 Å². The minimum Gasteiger partial charge on any atom is -0.369 e. The lowest BCUT2D eigenvalue weighted by Gasteiger charge is -2.18. The van der Waals surface area contributed by atoms with Crippen molar-refractivity contribution in [3.05, 3.63) is 95.5 Å². The summed E-state index contributed by atoms with van der Waals surface area (Å²) in [5.41, 5.74) is 2.38. The van der Waals surface area contributed by atoms with Gasteiger partial charge in [0.1, 0.15) is 0 Å². The van der Waals surface area contributed by atoms with Crippen molar-refractivity contribution in [1.29, 1.82) is 0 Å². The average Bonchev–Trinajstić information content (AvgIpc) is 3.24. The first-order valence-corrected chi connectivity index (χ1v) is 10.2. The summed E-state index contributed by atoms with van der Waals surface area (Å²) in [6.07, 6.45) is 14.4. The van der Waals surface area contributed by atoms with Crippen molar-refractivity contribution in [2.45, 2.75) is 38.3 Å². The van der Waals surface area contributed by atoms with Crippen LogP contribution in [0.15, 0.2) is 79.4 Å². The van der Waals surface area contributed by atoms with Gasteiger partial charge in [0.05, 0.1) is 19.0 Å². The molecule has 1 unspecified atom stereocenters. The van der Waals surface area contributed by atoms with E-state index in [1.165, 1.54) is 17.5 Å². The molecule has 0 bridgehead atoms. The van der Waals surface area contributed by atoms with Crippen LogP contribution in [0.3, 0.4) is 0 Å². The van der Waals surface area contributed by atoms with Gasteiger partial charge in [-0.1, -0.05) is 79.1 Å². The number of hydrogen-bond acceptors (Lipinski definition) is 2. The number of nitrogens with zero attached hydrogens (tertiary/aromatic N) is 2. The number of rotatable bonds is 11. The highest BCUT2D eigenvalue weighted by molar-refractivity contribution is 6.30. The summed E-state index contributed by atoms with van der Waals surface area (Å²) >= 11 is 6.05. The van der Waals surface area contributed by atoms with Crippen molar-refractivity contribution >= 4 is 17.7 Å². The summed E-state index contributed by atoms with van der Waals surface area (Å²) in [5, 5.41) is 0.756. The highest BCUT2D eigenvalue weighted by atomic mass is 35.5. The van der Waals surface area contributed by atoms with Crippen molar-refractivity contribution in [3.8, 4) is 0 Å². The van der Waals surface area contributed by atoms with E-state index in [0.29, 0.717) is 6.61 Å². The maximum atomic E-state index is 6.20. The topological polar surface area (TPSA) is 27.1 Å². The lowest BCUT2D eigenvalue weighted by Crippen LogP contribution is -2.05. The third-order valence-corrected chi connectivity index (χ3v) is 4.94. The number of ether oxygens (including phenoxy) is 1. The fourth-order valence-electron chi connectivity index (χ4n) is 3.16. The number of hydrogen-bond donors (Lipinski definition) is 0. The van der Waals surface area contributed by atoms with Crippen molar-refractivity contribution in [2.24, 2.45) is 0 Å². The second kappa shape index (κ2) is 11.5. The predicted molar refractivity (Wildman–Crippen MR) is 116 cm³/mol. The normalized spacial score (nSPS) is 12.5. The van der Waals surface area contributed by atoms with Gasteiger partial charge in [-0.3, -0.25) is 0 Å². The molecule has 0 amide bonds. The van der Waals surface area contributed by atoms with Crippen LogP contribution in [0.25, 0.3) is 6.08 Å². The zero-order valence-electron chi connectivity index (χ0n) is 16.1. The molecule has 0 spiro atoms. The van der Waals surface area contributed by atoms with Gasteiger partial charge in [0.15, 0.2) is 0 Å². The van der Waals surface area contributed by atoms with E-state index in [0.717, 1.165) is 30.8 Å². The highest BCUT2D eigenvalue weighted by Gasteiger charge is 2.11. The predicted octanol–water partition coefficient (Wildman–Crippen LogP) is 6.57. The number of unbranched alkanes of at least 4 members (excludes halogenated alkanes) is 2. The molecule has 0 radical (unpaired) electrons. The molecule has 3 rings (SSSR count). The van der Waals surface area contributed by atoms with Gasteiger partial charge >= 0.3 is 0 Å². The van der Waals surface area contributed by atoms with Gasteiger partial charge in [0.2, 0.25) is 0 Å². The molecular weight excluding hydrogens is 368 g/mol. The maximum Gasteiger partial charge on any atom is 0.0945 e. The molecule has 1 aromatic heterocycles. The quantitative estimate of drug-likeness (QED) is 0.344. The molecule has 2 aromatic carbocycles. The molecule has 0 fully saturated rings. The standard InChI is InChI=1S/C24H27ClN2O/c25-23-14-12-22(13-15-23)24(11-5-2-6-17-27-18-16-26-20-27)28-19-7-10-21-8-3-1-4-9-21/h1,3-4,7-10,12-16,18,20,24H,2,5-6,11,17,19H2. The summed E-state index contributed by atoms with van der Waals surface area (Å²) in [5.74, 6) is 0. The van der Waals surface area contributed by atoms with Crippen molar-refractivity contribution in [2.75, 3.05) is 6.61 Å². The summed E-state index contributed by atoms with van der Waals surface area (Å²) in [6, 6.07) is 18.3. The number of aromatic nitrogens is 2. The second-order valence-corrected chi connectivity index (χ2v) is 7.27. The first kappa shape index (κ1) is 20.4. The number of imidazole rings is 1. The Morgan fingerprint density at radius 2 is 1.82 bits per heavy atom. The Kier molecular flexibility index (Phi) is 8.35. The van der Waals surface area contributed by atoms with Crippen LogP contribution < -0.4 is 0 Å². The molecule has 1 heterocycles. The van der Waals surface area contributed by atoms with Crippen LogP contribution in [0.4, 0.5) is 0 Å². The Morgan fingerprint density at radius 3 is 2.57 bits per heavy atom. The Balaban J connectivity index is 1.48. The minimum absolute atomic E-state index is 0.0888. The third-order valence-electron chi connectivity index (χ3n) is 4.69. The minimum atomic E-state index is 0.0888. The van der Waals surface area contributed by atoms with E-state index >= 15 is 0 Å². The molecule has 28 heavy (non-hydrogen) atoms. The zero-order chi connectivity index (χ0) is 19.4. The van der Waals surface area contributed by atoms with Gasteiger partial charge in [-0.25, -0.2) is 4.98 Å². The summed E-state index contributed by atoms with van der Waals surface area (Å²) in [6.45, 7) is 1.61. The van der Waals surface area contributed by atoms with Gasteiger partial charge in [-0.05, 0) is 36.1 Å². The van der Waals surface area contributed by atoms with E-state index in [1.54, 1.807) is 0 Å². The molecular formula is C24H27ClN2O. The van der Waals surface area contributed by atoms with Crippen LogP contribution in [-0.2, 0) is 11.3 Å². The van der Waals surface area contributed by atoms with Gasteiger partial charge in [-0.2, -0.15) is 0 Å². The monoisotopic (exact) mass is 394 g/mol. The summed E-state index contributed by atoms with van der Waals surface area (Å²) in [4.78, 5) is 4.09. The van der Waals surface area contributed by atoms with Crippen LogP contribution >= 0.6 is 11.6 Å². The molecule has 0 aliphatic rings. The molecule has 4 heteroatoms. The lowest BCUT2D eigenvalue weighted by atomic mass is 10.0. The van der Waals surface area contributed by atoms with E-state index < -0.39 is 0 Å². The molecule has 3 aromatic rings. The van der Waals surface area contributed by atoms with Gasteiger partial charge in [0, 0.05) is 24.0 Å². The van der Waals surface area contributed by atoms with Crippen LogP contribution in [0.1, 0.15) is 42.9 Å². The van der Waals surface area contributed by atoms with E-state index in [1.807, 2.05) is 49.1 Å². The van der Waals surface area contributed by atoms with Crippen LogP contribution in [0, 0.1) is 0 Å². The fraction of sp³-hybridized carbons (Fsp3) is 0.292. The summed E-state index contributed by atoms with van der Waals surface area (Å²) in [7, 11) is 0. The Hall–Kier alpha value is -2.36. The number of halogens is 1. The molecule has 146 valence electrons. The van der Waals surface area contributed by atoms with Crippen molar-refractivity contribution in [1.82, 2.24) is 9.55 Å².